The van der Waals surface area contributed by atoms with E-state index in [0.29, 0.717) is 18.9 Å². The van der Waals surface area contributed by atoms with Gasteiger partial charge in [-0.1, -0.05) is 18.2 Å². The molecule has 0 bridgehead atoms. The molecule has 1 fully saturated rings. The fraction of sp³-hybridized carbons (Fsp3) is 0.300. The van der Waals surface area contributed by atoms with Gasteiger partial charge < -0.3 is 10.2 Å². The molecule has 2 aromatic rings. The van der Waals surface area contributed by atoms with Gasteiger partial charge in [-0.15, -0.1) is 0 Å². The minimum atomic E-state index is -1.17. The number of nitrogens with zero attached hydrogens (tertiary/aromatic N) is 1. The Morgan fingerprint density at radius 1 is 1.15 bits per heavy atom. The molecule has 2 aliphatic rings. The van der Waals surface area contributed by atoms with Crippen molar-refractivity contribution in [2.75, 3.05) is 10.2 Å². The lowest BCUT2D eigenvalue weighted by molar-refractivity contribution is -0.132. The fourth-order valence-corrected chi connectivity index (χ4v) is 3.60. The van der Waals surface area contributed by atoms with E-state index in [-0.39, 0.29) is 17.6 Å². The van der Waals surface area contributed by atoms with Crippen molar-refractivity contribution in [1.29, 1.82) is 0 Å². The first kappa shape index (κ1) is 16.7. The van der Waals surface area contributed by atoms with E-state index in [4.69, 9.17) is 0 Å². The largest absolute Gasteiger partial charge is 0.323 e. The summed E-state index contributed by atoms with van der Waals surface area (Å²) in [7, 11) is 0. The maximum atomic E-state index is 13.8. The van der Waals surface area contributed by atoms with Crippen LogP contribution in [0.15, 0.2) is 42.5 Å². The van der Waals surface area contributed by atoms with Gasteiger partial charge in [0.1, 0.15) is 17.0 Å². The number of anilines is 2. The Morgan fingerprint density at radius 2 is 1.88 bits per heavy atom. The van der Waals surface area contributed by atoms with Crippen LogP contribution in [-0.2, 0) is 16.0 Å². The molecule has 0 saturated heterocycles. The van der Waals surface area contributed by atoms with Crippen LogP contribution in [0.5, 0.6) is 0 Å². The highest BCUT2D eigenvalue weighted by molar-refractivity contribution is 6.18. The van der Waals surface area contributed by atoms with Crippen LogP contribution in [-0.4, -0.2) is 17.9 Å². The Kier molecular flexibility index (Phi) is 3.79. The molecular weight excluding hydrogens is 338 g/mol. The quantitative estimate of drug-likeness (QED) is 0.854. The van der Waals surface area contributed by atoms with Crippen molar-refractivity contribution in [2.45, 2.75) is 32.2 Å². The Hall–Kier alpha value is -2.76. The highest BCUT2D eigenvalue weighted by Crippen LogP contribution is 2.50. The van der Waals surface area contributed by atoms with Gasteiger partial charge in [-0.3, -0.25) is 9.59 Å². The first-order valence-electron chi connectivity index (χ1n) is 8.60. The molecule has 0 spiro atoms. The zero-order valence-electron chi connectivity index (χ0n) is 14.3. The second kappa shape index (κ2) is 5.90. The van der Waals surface area contributed by atoms with Gasteiger partial charge in [0.15, 0.2) is 0 Å². The first-order valence-corrected chi connectivity index (χ1v) is 8.60. The average molecular weight is 356 g/mol. The number of hydrogen-bond acceptors (Lipinski definition) is 2. The third-order valence-electron chi connectivity index (χ3n) is 5.20. The maximum absolute atomic E-state index is 13.8. The van der Waals surface area contributed by atoms with Crippen molar-refractivity contribution in [3.05, 3.63) is 59.7 Å². The van der Waals surface area contributed by atoms with Gasteiger partial charge in [-0.2, -0.15) is 0 Å². The molecular formula is C20H18F2N2O2. The van der Waals surface area contributed by atoms with Crippen LogP contribution in [0.3, 0.4) is 0 Å². The van der Waals surface area contributed by atoms with E-state index in [1.165, 1.54) is 0 Å². The second-order valence-electron chi connectivity index (χ2n) is 7.02. The number of fused-ring (bicyclic) bond motifs is 1. The fourth-order valence-electron chi connectivity index (χ4n) is 3.60. The van der Waals surface area contributed by atoms with Crippen LogP contribution in [0.2, 0.25) is 0 Å². The van der Waals surface area contributed by atoms with Crippen LogP contribution in [0.1, 0.15) is 25.3 Å². The number of carbonyl (C=O) groups is 2. The van der Waals surface area contributed by atoms with Gasteiger partial charge in [-0.25, -0.2) is 8.78 Å². The Balaban J connectivity index is 1.59. The van der Waals surface area contributed by atoms with Crippen LogP contribution in [0.4, 0.5) is 20.2 Å². The smallest absolute Gasteiger partial charge is 0.242 e. The van der Waals surface area contributed by atoms with Gasteiger partial charge in [0, 0.05) is 17.8 Å². The number of benzene rings is 2. The molecule has 1 atom stereocenters. The lowest BCUT2D eigenvalue weighted by atomic mass is 10.0. The predicted molar refractivity (Wildman–Crippen MR) is 93.7 cm³/mol. The molecule has 1 saturated carbocycles. The zero-order chi connectivity index (χ0) is 18.5. The van der Waals surface area contributed by atoms with Crippen molar-refractivity contribution in [3.8, 4) is 0 Å². The van der Waals surface area contributed by atoms with Gasteiger partial charge in [0.2, 0.25) is 11.8 Å². The summed E-state index contributed by atoms with van der Waals surface area (Å²) >= 11 is 0. The number of hydrogen-bond donors (Lipinski definition) is 1. The number of carbonyl (C=O) groups excluding carboxylic acids is 2. The van der Waals surface area contributed by atoms with Gasteiger partial charge >= 0.3 is 0 Å². The predicted octanol–water partition coefficient (Wildman–Crippen LogP) is 3.66. The van der Waals surface area contributed by atoms with Crippen LogP contribution >= 0.6 is 0 Å². The Morgan fingerprint density at radius 3 is 2.58 bits per heavy atom. The van der Waals surface area contributed by atoms with E-state index < -0.39 is 23.0 Å². The first-order chi connectivity index (χ1) is 12.4. The number of nitrogens with one attached hydrogen (secondary N) is 1. The number of rotatable bonds is 3. The summed E-state index contributed by atoms with van der Waals surface area (Å²) in [6, 6.07) is 10.6. The highest BCUT2D eigenvalue weighted by atomic mass is 19.1. The molecule has 4 rings (SSSR count). The van der Waals surface area contributed by atoms with Gasteiger partial charge in [0.25, 0.3) is 0 Å². The maximum Gasteiger partial charge on any atom is 0.242 e. The minimum absolute atomic E-state index is 0.0345. The van der Waals surface area contributed by atoms with Crippen LogP contribution < -0.4 is 10.2 Å². The summed E-state index contributed by atoms with van der Waals surface area (Å²) in [6.45, 7) is 1.95. The topological polar surface area (TPSA) is 49.4 Å². The summed E-state index contributed by atoms with van der Waals surface area (Å²) < 4.78 is 26.9. The van der Waals surface area contributed by atoms with Crippen molar-refractivity contribution in [2.24, 2.45) is 5.41 Å². The molecule has 0 radical (unpaired) electrons. The van der Waals surface area contributed by atoms with Crippen molar-refractivity contribution < 1.29 is 18.4 Å². The number of halogens is 2. The van der Waals surface area contributed by atoms with Crippen molar-refractivity contribution in [1.82, 2.24) is 0 Å². The van der Waals surface area contributed by atoms with Crippen LogP contribution in [0.25, 0.3) is 0 Å². The number of amides is 2. The molecule has 1 unspecified atom stereocenters. The Labute approximate surface area is 149 Å². The van der Waals surface area contributed by atoms with Crippen molar-refractivity contribution >= 4 is 23.2 Å². The molecule has 1 aliphatic carbocycles. The summed E-state index contributed by atoms with van der Waals surface area (Å²) in [5.74, 6) is -2.37. The highest BCUT2D eigenvalue weighted by Gasteiger charge is 2.59. The molecule has 134 valence electrons. The third-order valence-corrected chi connectivity index (χ3v) is 5.20. The lowest BCUT2D eigenvalue weighted by Crippen LogP contribution is -2.45. The monoisotopic (exact) mass is 356 g/mol. The SMILES string of the molecule is CC1Cc2ccccc2N1C(=O)C1(C(=O)Nc2ccc(F)cc2F)CC1. The van der Waals surface area contributed by atoms with Gasteiger partial charge in [-0.05, 0) is 49.9 Å². The zero-order valence-corrected chi connectivity index (χ0v) is 14.3. The molecule has 6 heteroatoms. The van der Waals surface area contributed by atoms with E-state index in [0.717, 1.165) is 29.8 Å². The molecule has 26 heavy (non-hydrogen) atoms. The summed E-state index contributed by atoms with van der Waals surface area (Å²) in [5, 5.41) is 2.46. The van der Waals surface area contributed by atoms with E-state index in [1.807, 2.05) is 31.2 Å². The molecule has 1 N–H and O–H groups in total. The molecule has 1 aliphatic heterocycles. The normalized spacial score (nSPS) is 19.8. The summed E-state index contributed by atoms with van der Waals surface area (Å²) in [5.41, 5.74) is 0.614. The standard InChI is InChI=1S/C20H18F2N2O2/c1-12-10-13-4-2-3-5-17(13)24(12)19(26)20(8-9-20)18(25)23-16-7-6-14(21)11-15(16)22/h2-7,11-12H,8-10H2,1H3,(H,23,25). The van der Waals surface area contributed by atoms with E-state index in [2.05, 4.69) is 5.32 Å². The third kappa shape index (κ3) is 2.57. The van der Waals surface area contributed by atoms with E-state index in [1.54, 1.807) is 4.90 Å². The summed E-state index contributed by atoms with van der Waals surface area (Å²) in [6.07, 6.45) is 1.59. The van der Waals surface area contributed by atoms with Crippen LogP contribution in [0, 0.1) is 17.0 Å². The van der Waals surface area contributed by atoms with E-state index in [9.17, 15) is 18.4 Å². The minimum Gasteiger partial charge on any atom is -0.323 e. The molecule has 1 heterocycles. The number of para-hydroxylation sites is 1. The van der Waals surface area contributed by atoms with E-state index >= 15 is 0 Å². The van der Waals surface area contributed by atoms with Gasteiger partial charge in [0.05, 0.1) is 5.69 Å². The molecule has 4 nitrogen and oxygen atoms in total. The molecule has 2 aromatic carbocycles. The second-order valence-corrected chi connectivity index (χ2v) is 7.02. The van der Waals surface area contributed by atoms with Crippen molar-refractivity contribution in [3.63, 3.8) is 0 Å². The average Bonchev–Trinajstić information content (AvgIpc) is 3.34. The lowest BCUT2D eigenvalue weighted by Gasteiger charge is -2.27. The summed E-state index contributed by atoms with van der Waals surface area (Å²) in [4.78, 5) is 27.6. The molecule has 0 aromatic heterocycles. The Bertz CT molecular complexity index is 908. The molecule has 2 amide bonds.